The van der Waals surface area contributed by atoms with Gasteiger partial charge in [-0.25, -0.2) is 0 Å². The van der Waals surface area contributed by atoms with Crippen molar-refractivity contribution < 1.29 is 4.74 Å². The second kappa shape index (κ2) is 6.44. The molecule has 6 heteroatoms. The summed E-state index contributed by atoms with van der Waals surface area (Å²) in [5.41, 5.74) is 7.86. The van der Waals surface area contributed by atoms with Crippen molar-refractivity contribution in [1.82, 2.24) is 0 Å². The molecule has 0 bridgehead atoms. The number of anilines is 3. The Labute approximate surface area is 132 Å². The molecule has 0 saturated carbocycles. The Hall–Kier alpha value is -1.29. The number of hydrogen-bond acceptors (Lipinski definition) is 3. The van der Waals surface area contributed by atoms with E-state index >= 15 is 0 Å². The normalized spacial score (nSPS) is 10.4. The van der Waals surface area contributed by atoms with E-state index in [1.54, 1.807) is 24.3 Å². The molecular weight excluding hydrogens is 319 g/mol. The fourth-order valence-corrected chi connectivity index (χ4v) is 2.26. The third-order valence-electron chi connectivity index (χ3n) is 2.60. The van der Waals surface area contributed by atoms with Crippen LogP contribution in [0.1, 0.15) is 6.92 Å². The smallest absolute Gasteiger partial charge is 0.144 e. The van der Waals surface area contributed by atoms with Gasteiger partial charge in [-0.05, 0) is 31.2 Å². The van der Waals surface area contributed by atoms with Crippen LogP contribution in [0.3, 0.4) is 0 Å². The fourth-order valence-electron chi connectivity index (χ4n) is 1.67. The van der Waals surface area contributed by atoms with Crippen LogP contribution in [0.25, 0.3) is 0 Å². The lowest BCUT2D eigenvalue weighted by Crippen LogP contribution is -1.98. The van der Waals surface area contributed by atoms with Crippen LogP contribution in [0, 0.1) is 0 Å². The number of nitrogen functional groups attached to an aromatic ring is 1. The van der Waals surface area contributed by atoms with Gasteiger partial charge in [0.05, 0.1) is 33.0 Å². The molecular formula is C14H13Cl3N2O. The summed E-state index contributed by atoms with van der Waals surface area (Å²) in [6.07, 6.45) is 0. The van der Waals surface area contributed by atoms with Gasteiger partial charge in [-0.3, -0.25) is 0 Å². The Morgan fingerprint density at radius 2 is 1.75 bits per heavy atom. The van der Waals surface area contributed by atoms with Gasteiger partial charge in [0.1, 0.15) is 5.75 Å². The molecule has 3 N–H and O–H groups in total. The van der Waals surface area contributed by atoms with E-state index in [9.17, 15) is 0 Å². The van der Waals surface area contributed by atoms with Crippen LogP contribution in [0.5, 0.6) is 5.75 Å². The van der Waals surface area contributed by atoms with Crippen LogP contribution in [0.4, 0.5) is 17.1 Å². The summed E-state index contributed by atoms with van der Waals surface area (Å²) in [4.78, 5) is 0. The van der Waals surface area contributed by atoms with Crippen molar-refractivity contribution in [2.75, 3.05) is 17.7 Å². The van der Waals surface area contributed by atoms with Crippen LogP contribution in [0.2, 0.25) is 15.1 Å². The van der Waals surface area contributed by atoms with Crippen LogP contribution in [-0.4, -0.2) is 6.61 Å². The molecule has 2 aromatic rings. The second-order valence-corrected chi connectivity index (χ2v) is 5.28. The highest BCUT2D eigenvalue weighted by molar-refractivity contribution is 6.44. The molecule has 0 aliphatic heterocycles. The number of benzene rings is 2. The summed E-state index contributed by atoms with van der Waals surface area (Å²) < 4.78 is 5.44. The minimum Gasteiger partial charge on any atom is -0.492 e. The quantitative estimate of drug-likeness (QED) is 0.584. The predicted molar refractivity (Wildman–Crippen MR) is 86.8 cm³/mol. The Kier molecular flexibility index (Phi) is 4.86. The molecule has 0 radical (unpaired) electrons. The first-order valence-corrected chi connectivity index (χ1v) is 7.08. The maximum atomic E-state index is 6.12. The van der Waals surface area contributed by atoms with E-state index in [-0.39, 0.29) is 0 Å². The van der Waals surface area contributed by atoms with Gasteiger partial charge in [0.15, 0.2) is 0 Å². The van der Waals surface area contributed by atoms with Crippen LogP contribution < -0.4 is 15.8 Å². The van der Waals surface area contributed by atoms with Crippen LogP contribution in [0.15, 0.2) is 30.3 Å². The predicted octanol–water partition coefficient (Wildman–Crippen LogP) is 5.37. The van der Waals surface area contributed by atoms with Crippen molar-refractivity contribution in [3.63, 3.8) is 0 Å². The van der Waals surface area contributed by atoms with E-state index in [4.69, 9.17) is 45.3 Å². The van der Waals surface area contributed by atoms with E-state index in [0.717, 1.165) is 5.69 Å². The molecule has 0 amide bonds. The van der Waals surface area contributed by atoms with Crippen molar-refractivity contribution in [1.29, 1.82) is 0 Å². The molecule has 0 saturated heterocycles. The fraction of sp³-hybridized carbons (Fsp3) is 0.143. The molecule has 2 aromatic carbocycles. The Morgan fingerprint density at radius 1 is 1.05 bits per heavy atom. The number of halogens is 3. The van der Waals surface area contributed by atoms with Crippen molar-refractivity contribution >= 4 is 51.9 Å². The van der Waals surface area contributed by atoms with Gasteiger partial charge in [0, 0.05) is 11.8 Å². The average Bonchev–Trinajstić information content (AvgIpc) is 2.40. The van der Waals surface area contributed by atoms with Crippen LogP contribution in [-0.2, 0) is 0 Å². The molecule has 0 spiro atoms. The number of hydrogen-bond donors (Lipinski definition) is 2. The number of nitrogens with two attached hydrogens (primary N) is 1. The standard InChI is InChI=1S/C14H13Cl3N2O/c1-2-20-14-5-8(3-4-12(14)18)19-13-7-10(16)9(15)6-11(13)17/h3-7,19H,2,18H2,1H3. The Balaban J connectivity index is 2.30. The second-order valence-electron chi connectivity index (χ2n) is 4.06. The monoisotopic (exact) mass is 330 g/mol. The number of ether oxygens (including phenoxy) is 1. The first-order chi connectivity index (χ1) is 9.51. The van der Waals surface area contributed by atoms with E-state index in [1.807, 2.05) is 13.0 Å². The molecule has 2 rings (SSSR count). The van der Waals surface area contributed by atoms with Crippen molar-refractivity contribution in [3.8, 4) is 5.75 Å². The van der Waals surface area contributed by atoms with Crippen molar-refractivity contribution in [3.05, 3.63) is 45.4 Å². The summed E-state index contributed by atoms with van der Waals surface area (Å²) in [6.45, 7) is 2.44. The van der Waals surface area contributed by atoms with E-state index in [2.05, 4.69) is 5.32 Å². The molecule has 20 heavy (non-hydrogen) atoms. The first kappa shape index (κ1) is 15.1. The zero-order valence-electron chi connectivity index (χ0n) is 10.7. The van der Waals surface area contributed by atoms with E-state index in [1.165, 1.54) is 0 Å². The Morgan fingerprint density at radius 3 is 2.45 bits per heavy atom. The highest BCUT2D eigenvalue weighted by Gasteiger charge is 2.08. The molecule has 0 unspecified atom stereocenters. The van der Waals surface area contributed by atoms with Crippen LogP contribution >= 0.6 is 34.8 Å². The summed E-state index contributed by atoms with van der Waals surface area (Å²) in [5.74, 6) is 0.619. The Bertz CT molecular complexity index is 632. The topological polar surface area (TPSA) is 47.3 Å². The van der Waals surface area contributed by atoms with Gasteiger partial charge in [-0.1, -0.05) is 34.8 Å². The minimum absolute atomic E-state index is 0.412. The minimum atomic E-state index is 0.412. The molecule has 0 heterocycles. The van der Waals surface area contributed by atoms with Gasteiger partial charge < -0.3 is 15.8 Å². The van der Waals surface area contributed by atoms with Gasteiger partial charge in [-0.2, -0.15) is 0 Å². The molecule has 0 aliphatic rings. The maximum absolute atomic E-state index is 6.12. The molecule has 106 valence electrons. The highest BCUT2D eigenvalue weighted by atomic mass is 35.5. The van der Waals surface area contributed by atoms with Gasteiger partial charge in [-0.15, -0.1) is 0 Å². The third-order valence-corrected chi connectivity index (χ3v) is 3.64. The van der Waals surface area contributed by atoms with Crippen molar-refractivity contribution in [2.45, 2.75) is 6.92 Å². The first-order valence-electron chi connectivity index (χ1n) is 5.95. The van der Waals surface area contributed by atoms with Crippen molar-refractivity contribution in [2.24, 2.45) is 0 Å². The molecule has 3 nitrogen and oxygen atoms in total. The maximum Gasteiger partial charge on any atom is 0.144 e. The summed E-state index contributed by atoms with van der Waals surface area (Å²) >= 11 is 18.0. The van der Waals surface area contributed by atoms with Gasteiger partial charge in [0.2, 0.25) is 0 Å². The molecule has 0 fully saturated rings. The summed E-state index contributed by atoms with van der Waals surface area (Å²) in [5, 5.41) is 4.48. The summed E-state index contributed by atoms with van der Waals surface area (Å²) in [6, 6.07) is 8.66. The number of nitrogens with one attached hydrogen (secondary N) is 1. The highest BCUT2D eigenvalue weighted by Crippen LogP contribution is 2.35. The molecule has 0 atom stereocenters. The number of rotatable bonds is 4. The molecule has 0 aliphatic carbocycles. The van der Waals surface area contributed by atoms with Gasteiger partial charge in [0.25, 0.3) is 0 Å². The van der Waals surface area contributed by atoms with E-state index < -0.39 is 0 Å². The average molecular weight is 332 g/mol. The lowest BCUT2D eigenvalue weighted by Gasteiger charge is -2.12. The largest absolute Gasteiger partial charge is 0.492 e. The lowest BCUT2D eigenvalue weighted by atomic mass is 10.2. The lowest BCUT2D eigenvalue weighted by molar-refractivity contribution is 0.342. The van der Waals surface area contributed by atoms with Gasteiger partial charge >= 0.3 is 0 Å². The zero-order valence-corrected chi connectivity index (χ0v) is 13.0. The molecule has 0 aromatic heterocycles. The zero-order chi connectivity index (χ0) is 14.7. The third kappa shape index (κ3) is 3.42. The summed E-state index contributed by atoms with van der Waals surface area (Å²) in [7, 11) is 0. The van der Waals surface area contributed by atoms with E-state index in [0.29, 0.717) is 38.8 Å². The SMILES string of the molecule is CCOc1cc(Nc2cc(Cl)c(Cl)cc2Cl)ccc1N.